The number of amides is 2. The molecule has 6 nitrogen and oxygen atoms in total. The average Bonchev–Trinajstić information content (AvgIpc) is 2.99. The van der Waals surface area contributed by atoms with Gasteiger partial charge in [0, 0.05) is 19.5 Å². The fourth-order valence-electron chi connectivity index (χ4n) is 4.40. The summed E-state index contributed by atoms with van der Waals surface area (Å²) in [5.41, 5.74) is 3.74. The Hall–Kier alpha value is -4.58. The Balaban J connectivity index is 1.62. The van der Waals surface area contributed by atoms with E-state index in [0.717, 1.165) is 33.8 Å². The molecule has 0 radical (unpaired) electrons. The SMILES string of the molecule is COc1ccc(CNC(=O)[C@H](Cc2ccccc2)N(Cc2ccc(OC)cc2)C(=O)Cc2ccccc2)cc1. The van der Waals surface area contributed by atoms with Gasteiger partial charge in [-0.25, -0.2) is 0 Å². The number of hydrogen-bond donors (Lipinski definition) is 1. The van der Waals surface area contributed by atoms with Gasteiger partial charge in [0.1, 0.15) is 17.5 Å². The highest BCUT2D eigenvalue weighted by molar-refractivity contribution is 5.88. The lowest BCUT2D eigenvalue weighted by Gasteiger charge is -2.32. The number of benzene rings is 4. The quantitative estimate of drug-likeness (QED) is 0.278. The van der Waals surface area contributed by atoms with Crippen molar-refractivity contribution in [3.05, 3.63) is 131 Å². The third kappa shape index (κ3) is 7.95. The molecule has 1 atom stereocenters. The van der Waals surface area contributed by atoms with Crippen LogP contribution in [0.15, 0.2) is 109 Å². The zero-order valence-electron chi connectivity index (χ0n) is 22.4. The van der Waals surface area contributed by atoms with Crippen molar-refractivity contribution in [2.75, 3.05) is 14.2 Å². The normalized spacial score (nSPS) is 11.3. The van der Waals surface area contributed by atoms with Crippen LogP contribution in [-0.2, 0) is 35.5 Å². The molecule has 4 rings (SSSR count). The van der Waals surface area contributed by atoms with Crippen LogP contribution in [0.2, 0.25) is 0 Å². The molecule has 39 heavy (non-hydrogen) atoms. The molecule has 1 N–H and O–H groups in total. The first-order valence-electron chi connectivity index (χ1n) is 13.0. The molecule has 0 saturated carbocycles. The van der Waals surface area contributed by atoms with Crippen LogP contribution in [0.25, 0.3) is 0 Å². The highest BCUT2D eigenvalue weighted by atomic mass is 16.5. The number of ether oxygens (including phenoxy) is 2. The molecule has 0 aromatic heterocycles. The number of nitrogens with zero attached hydrogens (tertiary/aromatic N) is 1. The molecule has 0 unspecified atom stereocenters. The first-order valence-corrected chi connectivity index (χ1v) is 13.0. The van der Waals surface area contributed by atoms with E-state index in [2.05, 4.69) is 5.32 Å². The fourth-order valence-corrected chi connectivity index (χ4v) is 4.40. The summed E-state index contributed by atoms with van der Waals surface area (Å²) in [7, 11) is 3.24. The molecule has 0 fully saturated rings. The van der Waals surface area contributed by atoms with Gasteiger partial charge in [0.05, 0.1) is 20.6 Å². The maximum Gasteiger partial charge on any atom is 0.243 e. The van der Waals surface area contributed by atoms with Gasteiger partial charge in [-0.3, -0.25) is 9.59 Å². The van der Waals surface area contributed by atoms with Gasteiger partial charge in [-0.2, -0.15) is 0 Å². The van der Waals surface area contributed by atoms with Gasteiger partial charge in [0.15, 0.2) is 0 Å². The van der Waals surface area contributed by atoms with Gasteiger partial charge in [-0.05, 0) is 46.5 Å². The minimum atomic E-state index is -0.705. The molecule has 0 bridgehead atoms. The molecule has 0 aliphatic carbocycles. The van der Waals surface area contributed by atoms with Crippen LogP contribution in [0.3, 0.4) is 0 Å². The molecule has 0 saturated heterocycles. The maximum absolute atomic E-state index is 13.8. The van der Waals surface area contributed by atoms with Crippen molar-refractivity contribution in [1.29, 1.82) is 0 Å². The average molecular weight is 523 g/mol. The molecule has 0 spiro atoms. The first-order chi connectivity index (χ1) is 19.1. The summed E-state index contributed by atoms with van der Waals surface area (Å²) in [6.07, 6.45) is 0.597. The van der Waals surface area contributed by atoms with Gasteiger partial charge in [-0.1, -0.05) is 84.9 Å². The van der Waals surface area contributed by atoms with Crippen LogP contribution in [0, 0.1) is 0 Å². The third-order valence-electron chi connectivity index (χ3n) is 6.61. The van der Waals surface area contributed by atoms with Crippen molar-refractivity contribution >= 4 is 11.8 Å². The van der Waals surface area contributed by atoms with Crippen molar-refractivity contribution in [2.24, 2.45) is 0 Å². The third-order valence-corrected chi connectivity index (χ3v) is 6.61. The van der Waals surface area contributed by atoms with E-state index < -0.39 is 6.04 Å². The number of hydrogen-bond acceptors (Lipinski definition) is 4. The number of methoxy groups -OCH3 is 2. The lowest BCUT2D eigenvalue weighted by atomic mass is 10.0. The van der Waals surface area contributed by atoms with Crippen LogP contribution in [0.5, 0.6) is 11.5 Å². The van der Waals surface area contributed by atoms with E-state index in [0.29, 0.717) is 19.5 Å². The molecular formula is C33H34N2O4. The topological polar surface area (TPSA) is 67.9 Å². The van der Waals surface area contributed by atoms with Crippen LogP contribution in [0.4, 0.5) is 0 Å². The largest absolute Gasteiger partial charge is 0.497 e. The maximum atomic E-state index is 13.8. The fraction of sp³-hybridized carbons (Fsp3) is 0.212. The molecule has 0 aliphatic rings. The zero-order valence-corrected chi connectivity index (χ0v) is 22.4. The Morgan fingerprint density at radius 2 is 1.18 bits per heavy atom. The van der Waals surface area contributed by atoms with Crippen LogP contribution in [-0.4, -0.2) is 37.0 Å². The Labute approximate surface area is 230 Å². The minimum absolute atomic E-state index is 0.113. The molecule has 6 heteroatoms. The first kappa shape index (κ1) is 27.5. The molecular weight excluding hydrogens is 488 g/mol. The van der Waals surface area contributed by atoms with Gasteiger partial charge in [0.2, 0.25) is 11.8 Å². The number of rotatable bonds is 12. The van der Waals surface area contributed by atoms with E-state index in [9.17, 15) is 9.59 Å². The van der Waals surface area contributed by atoms with Crippen LogP contribution < -0.4 is 14.8 Å². The highest BCUT2D eigenvalue weighted by Crippen LogP contribution is 2.19. The van der Waals surface area contributed by atoms with Crippen molar-refractivity contribution in [1.82, 2.24) is 10.2 Å². The van der Waals surface area contributed by atoms with Crippen molar-refractivity contribution < 1.29 is 19.1 Å². The zero-order chi connectivity index (χ0) is 27.5. The van der Waals surface area contributed by atoms with E-state index in [1.165, 1.54) is 0 Å². The summed E-state index contributed by atoms with van der Waals surface area (Å²) in [5, 5.41) is 3.07. The Bertz CT molecular complexity index is 1320. The number of carbonyl (C=O) groups is 2. The molecule has 200 valence electrons. The van der Waals surface area contributed by atoms with E-state index in [1.54, 1.807) is 19.1 Å². The summed E-state index contributed by atoms with van der Waals surface area (Å²) in [6.45, 7) is 0.639. The van der Waals surface area contributed by atoms with Gasteiger partial charge < -0.3 is 19.7 Å². The molecule has 4 aromatic carbocycles. The summed E-state index contributed by atoms with van der Waals surface area (Å²) in [4.78, 5) is 29.3. The second kappa shape index (κ2) is 13.8. The van der Waals surface area contributed by atoms with Gasteiger partial charge in [-0.15, -0.1) is 0 Å². The lowest BCUT2D eigenvalue weighted by Crippen LogP contribution is -2.50. The number of nitrogens with one attached hydrogen (secondary N) is 1. The van der Waals surface area contributed by atoms with Crippen LogP contribution in [0.1, 0.15) is 22.3 Å². The molecule has 2 amide bonds. The lowest BCUT2D eigenvalue weighted by molar-refractivity contribution is -0.140. The van der Waals surface area contributed by atoms with E-state index in [1.807, 2.05) is 109 Å². The van der Waals surface area contributed by atoms with E-state index in [4.69, 9.17) is 9.47 Å². The van der Waals surface area contributed by atoms with E-state index >= 15 is 0 Å². The van der Waals surface area contributed by atoms with Crippen molar-refractivity contribution in [2.45, 2.75) is 32.0 Å². The van der Waals surface area contributed by atoms with Gasteiger partial charge in [0.25, 0.3) is 0 Å². The summed E-state index contributed by atoms with van der Waals surface area (Å²) in [5.74, 6) is 1.17. The van der Waals surface area contributed by atoms with Crippen molar-refractivity contribution in [3.63, 3.8) is 0 Å². The predicted octanol–water partition coefficient (Wildman–Crippen LogP) is 5.20. The summed E-state index contributed by atoms with van der Waals surface area (Å²) >= 11 is 0. The molecule has 0 heterocycles. The molecule has 4 aromatic rings. The van der Waals surface area contributed by atoms with Crippen molar-refractivity contribution in [3.8, 4) is 11.5 Å². The van der Waals surface area contributed by atoms with Crippen LogP contribution >= 0.6 is 0 Å². The second-order valence-corrected chi connectivity index (χ2v) is 9.30. The Kier molecular flexibility index (Phi) is 9.73. The van der Waals surface area contributed by atoms with E-state index in [-0.39, 0.29) is 18.2 Å². The predicted molar refractivity (Wildman–Crippen MR) is 152 cm³/mol. The highest BCUT2D eigenvalue weighted by Gasteiger charge is 2.30. The monoisotopic (exact) mass is 522 g/mol. The number of carbonyl (C=O) groups excluding carboxylic acids is 2. The summed E-state index contributed by atoms with van der Waals surface area (Å²) < 4.78 is 10.5. The molecule has 0 aliphatic heterocycles. The standard InChI is InChI=1S/C33H34N2O4/c1-38-29-17-13-27(14-18-29)23-34-33(37)31(21-25-9-5-3-6-10-25)35(24-28-15-19-30(39-2)20-16-28)32(36)22-26-11-7-4-8-12-26/h3-20,31H,21-24H2,1-2H3,(H,34,37)/t31-/m0/s1. The second-order valence-electron chi connectivity index (χ2n) is 9.30. The Morgan fingerprint density at radius 1 is 0.667 bits per heavy atom. The minimum Gasteiger partial charge on any atom is -0.497 e. The Morgan fingerprint density at radius 3 is 1.72 bits per heavy atom. The smallest absolute Gasteiger partial charge is 0.243 e. The van der Waals surface area contributed by atoms with Gasteiger partial charge >= 0.3 is 0 Å². The summed E-state index contributed by atoms with van der Waals surface area (Å²) in [6, 6.07) is 33.9.